The molecule has 102 valence electrons. The number of aromatic nitrogens is 2. The summed E-state index contributed by atoms with van der Waals surface area (Å²) < 4.78 is 1.87. The highest BCUT2D eigenvalue weighted by atomic mass is 32.1. The molecule has 0 saturated carbocycles. The molecule has 0 aliphatic heterocycles. The third-order valence-corrected chi connectivity index (χ3v) is 4.16. The van der Waals surface area contributed by atoms with Crippen LogP contribution in [0.5, 0.6) is 0 Å². The SMILES string of the molecule is Cc1ccc(-c2cn3c(CC(=O)O)csc3n2)c(C)c1. The van der Waals surface area contributed by atoms with Gasteiger partial charge in [0.25, 0.3) is 0 Å². The number of benzene rings is 1. The second kappa shape index (κ2) is 4.76. The van der Waals surface area contributed by atoms with Crippen molar-refractivity contribution in [3.63, 3.8) is 0 Å². The van der Waals surface area contributed by atoms with Crippen LogP contribution in [-0.4, -0.2) is 20.5 Å². The van der Waals surface area contributed by atoms with E-state index in [9.17, 15) is 4.79 Å². The third kappa shape index (κ3) is 2.20. The van der Waals surface area contributed by atoms with Gasteiger partial charge < -0.3 is 5.11 Å². The van der Waals surface area contributed by atoms with Gasteiger partial charge in [-0.15, -0.1) is 11.3 Å². The number of rotatable bonds is 3. The Labute approximate surface area is 120 Å². The summed E-state index contributed by atoms with van der Waals surface area (Å²) in [6, 6.07) is 6.25. The van der Waals surface area contributed by atoms with E-state index in [0.717, 1.165) is 21.9 Å². The van der Waals surface area contributed by atoms with Gasteiger partial charge in [0.2, 0.25) is 0 Å². The molecule has 3 rings (SSSR count). The summed E-state index contributed by atoms with van der Waals surface area (Å²) in [5.41, 5.74) is 5.14. The Morgan fingerprint density at radius 3 is 2.90 bits per heavy atom. The molecular weight excluding hydrogens is 272 g/mol. The first-order valence-corrected chi connectivity index (χ1v) is 7.17. The van der Waals surface area contributed by atoms with Gasteiger partial charge in [-0.2, -0.15) is 0 Å². The molecule has 0 atom stereocenters. The first-order valence-electron chi connectivity index (χ1n) is 6.29. The maximum atomic E-state index is 10.8. The number of carbonyl (C=O) groups is 1. The molecule has 2 aromatic heterocycles. The Bertz CT molecular complexity index is 801. The second-order valence-electron chi connectivity index (χ2n) is 4.89. The fraction of sp³-hybridized carbons (Fsp3) is 0.200. The van der Waals surface area contributed by atoms with E-state index in [4.69, 9.17) is 5.11 Å². The van der Waals surface area contributed by atoms with Gasteiger partial charge in [-0.3, -0.25) is 9.20 Å². The van der Waals surface area contributed by atoms with Crippen LogP contribution in [0.1, 0.15) is 16.8 Å². The average Bonchev–Trinajstić information content (AvgIpc) is 2.91. The van der Waals surface area contributed by atoms with Crippen LogP contribution in [0.15, 0.2) is 29.8 Å². The smallest absolute Gasteiger partial charge is 0.309 e. The summed E-state index contributed by atoms with van der Waals surface area (Å²) in [6.07, 6.45) is 1.93. The predicted molar refractivity (Wildman–Crippen MR) is 79.3 cm³/mol. The molecule has 0 aliphatic carbocycles. The second-order valence-corrected chi connectivity index (χ2v) is 5.73. The maximum absolute atomic E-state index is 10.8. The summed E-state index contributed by atoms with van der Waals surface area (Å²) in [5.74, 6) is -0.827. The van der Waals surface area contributed by atoms with E-state index < -0.39 is 5.97 Å². The molecular formula is C15H14N2O2S. The Morgan fingerprint density at radius 1 is 1.40 bits per heavy atom. The molecule has 0 unspecified atom stereocenters. The van der Waals surface area contributed by atoms with E-state index in [0.29, 0.717) is 0 Å². The van der Waals surface area contributed by atoms with E-state index >= 15 is 0 Å². The van der Waals surface area contributed by atoms with Crippen LogP contribution in [0.25, 0.3) is 16.2 Å². The van der Waals surface area contributed by atoms with Gasteiger partial charge in [-0.05, 0) is 19.4 Å². The average molecular weight is 286 g/mol. The number of carboxylic acids is 1. The number of aryl methyl sites for hydroxylation is 2. The van der Waals surface area contributed by atoms with E-state index in [1.807, 2.05) is 16.0 Å². The molecule has 1 N–H and O–H groups in total. The molecule has 5 heteroatoms. The molecule has 0 radical (unpaired) electrons. The topological polar surface area (TPSA) is 54.6 Å². The Balaban J connectivity index is 2.09. The molecule has 3 aromatic rings. The minimum Gasteiger partial charge on any atom is -0.481 e. The Morgan fingerprint density at radius 2 is 2.20 bits per heavy atom. The minimum absolute atomic E-state index is 0.0165. The van der Waals surface area contributed by atoms with Crippen LogP contribution in [-0.2, 0) is 11.2 Å². The number of nitrogens with zero attached hydrogens (tertiary/aromatic N) is 2. The van der Waals surface area contributed by atoms with E-state index in [-0.39, 0.29) is 6.42 Å². The lowest BCUT2D eigenvalue weighted by molar-refractivity contribution is -0.136. The molecule has 0 aliphatic rings. The number of aliphatic carboxylic acids is 1. The van der Waals surface area contributed by atoms with Gasteiger partial charge in [0, 0.05) is 22.8 Å². The zero-order valence-corrected chi connectivity index (χ0v) is 12.1. The predicted octanol–water partition coefficient (Wildman–Crippen LogP) is 3.31. The fourth-order valence-electron chi connectivity index (χ4n) is 2.34. The minimum atomic E-state index is -0.827. The van der Waals surface area contributed by atoms with E-state index in [2.05, 4.69) is 37.0 Å². The van der Waals surface area contributed by atoms with Gasteiger partial charge in [-0.1, -0.05) is 23.8 Å². The Hall–Kier alpha value is -2.14. The van der Waals surface area contributed by atoms with Crippen molar-refractivity contribution >= 4 is 22.3 Å². The Kier molecular flexibility index (Phi) is 3.06. The zero-order chi connectivity index (χ0) is 14.3. The maximum Gasteiger partial charge on any atom is 0.309 e. The van der Waals surface area contributed by atoms with Crippen molar-refractivity contribution in [2.75, 3.05) is 0 Å². The highest BCUT2D eigenvalue weighted by Crippen LogP contribution is 2.26. The number of imidazole rings is 1. The van der Waals surface area contributed by atoms with Crippen molar-refractivity contribution in [1.82, 2.24) is 9.38 Å². The van der Waals surface area contributed by atoms with Crippen molar-refractivity contribution in [2.45, 2.75) is 20.3 Å². The molecule has 0 fully saturated rings. The summed E-state index contributed by atoms with van der Waals surface area (Å²) in [7, 11) is 0. The van der Waals surface area contributed by atoms with Gasteiger partial charge >= 0.3 is 5.97 Å². The van der Waals surface area contributed by atoms with Crippen molar-refractivity contribution in [1.29, 1.82) is 0 Å². The van der Waals surface area contributed by atoms with Crippen LogP contribution in [0.2, 0.25) is 0 Å². The molecule has 4 nitrogen and oxygen atoms in total. The molecule has 20 heavy (non-hydrogen) atoms. The summed E-state index contributed by atoms with van der Waals surface area (Å²) >= 11 is 1.47. The highest BCUT2D eigenvalue weighted by Gasteiger charge is 2.12. The van der Waals surface area contributed by atoms with Crippen molar-refractivity contribution in [3.05, 3.63) is 46.6 Å². The molecule has 0 spiro atoms. The highest BCUT2D eigenvalue weighted by molar-refractivity contribution is 7.15. The standard InChI is InChI=1S/C15H14N2O2S/c1-9-3-4-12(10(2)5-9)13-7-17-11(6-14(18)19)8-20-15(17)16-13/h3-5,7-8H,6H2,1-2H3,(H,18,19). The van der Waals surface area contributed by atoms with Gasteiger partial charge in [0.1, 0.15) is 0 Å². The molecule has 0 bridgehead atoms. The molecule has 2 heterocycles. The van der Waals surface area contributed by atoms with Crippen LogP contribution < -0.4 is 0 Å². The number of fused-ring (bicyclic) bond motifs is 1. The van der Waals surface area contributed by atoms with Crippen LogP contribution >= 0.6 is 11.3 Å². The first kappa shape index (κ1) is 12.9. The van der Waals surface area contributed by atoms with Crippen molar-refractivity contribution in [2.24, 2.45) is 0 Å². The first-order chi connectivity index (χ1) is 9.54. The van der Waals surface area contributed by atoms with E-state index in [1.165, 1.54) is 22.5 Å². The number of hydrogen-bond acceptors (Lipinski definition) is 3. The summed E-state index contributed by atoms with van der Waals surface area (Å²) in [4.78, 5) is 16.3. The lowest BCUT2D eigenvalue weighted by atomic mass is 10.0. The summed E-state index contributed by atoms with van der Waals surface area (Å²) in [5, 5.41) is 10.8. The van der Waals surface area contributed by atoms with Gasteiger partial charge in [-0.25, -0.2) is 4.98 Å². The molecule has 0 saturated heterocycles. The lowest BCUT2D eigenvalue weighted by Crippen LogP contribution is -2.02. The van der Waals surface area contributed by atoms with Crippen molar-refractivity contribution < 1.29 is 9.90 Å². The van der Waals surface area contributed by atoms with Crippen LogP contribution in [0.3, 0.4) is 0 Å². The normalized spacial score (nSPS) is 11.1. The largest absolute Gasteiger partial charge is 0.481 e. The number of carboxylic acid groups (broad SMARTS) is 1. The third-order valence-electron chi connectivity index (χ3n) is 3.27. The number of thiazole rings is 1. The molecule has 0 amide bonds. The fourth-order valence-corrected chi connectivity index (χ4v) is 3.22. The quantitative estimate of drug-likeness (QED) is 0.803. The van der Waals surface area contributed by atoms with Gasteiger partial charge in [0.05, 0.1) is 12.1 Å². The van der Waals surface area contributed by atoms with Crippen molar-refractivity contribution in [3.8, 4) is 11.3 Å². The van der Waals surface area contributed by atoms with Crippen LogP contribution in [0.4, 0.5) is 0 Å². The van der Waals surface area contributed by atoms with Crippen LogP contribution in [0, 0.1) is 13.8 Å². The van der Waals surface area contributed by atoms with Gasteiger partial charge in [0.15, 0.2) is 4.96 Å². The zero-order valence-electron chi connectivity index (χ0n) is 11.3. The molecule has 1 aromatic carbocycles. The summed E-state index contributed by atoms with van der Waals surface area (Å²) in [6.45, 7) is 4.13. The number of hydrogen-bond donors (Lipinski definition) is 1. The monoisotopic (exact) mass is 286 g/mol. The lowest BCUT2D eigenvalue weighted by Gasteiger charge is -2.03. The van der Waals surface area contributed by atoms with E-state index in [1.54, 1.807) is 0 Å².